The van der Waals surface area contributed by atoms with Crippen LogP contribution in [-0.2, 0) is 21.0 Å². The number of aromatic nitrogens is 2. The molecular formula is C19H15F3N4O3S. The highest BCUT2D eigenvalue weighted by molar-refractivity contribution is 7.89. The summed E-state index contributed by atoms with van der Waals surface area (Å²) in [5, 5.41) is 2.41. The summed E-state index contributed by atoms with van der Waals surface area (Å²) in [4.78, 5) is 19.6. The summed E-state index contributed by atoms with van der Waals surface area (Å²) in [6.45, 7) is -0.682. The van der Waals surface area contributed by atoms with Crippen LogP contribution in [0.15, 0.2) is 71.9 Å². The predicted octanol–water partition coefficient (Wildman–Crippen LogP) is 3.08. The minimum atomic E-state index is -4.69. The van der Waals surface area contributed by atoms with Crippen molar-refractivity contribution in [3.8, 4) is 11.4 Å². The fourth-order valence-corrected chi connectivity index (χ4v) is 3.45. The maximum Gasteiger partial charge on any atom is 0.416 e. The van der Waals surface area contributed by atoms with E-state index >= 15 is 0 Å². The topological polar surface area (TPSA) is 101 Å². The number of amides is 1. The average Bonchev–Trinajstić information content (AvgIpc) is 2.73. The first-order valence-corrected chi connectivity index (χ1v) is 9.98. The minimum absolute atomic E-state index is 0.234. The normalized spacial score (nSPS) is 11.8. The number of alkyl halides is 3. The molecule has 0 radical (unpaired) electrons. The van der Waals surface area contributed by atoms with Crippen LogP contribution in [0.4, 0.5) is 18.9 Å². The molecule has 0 bridgehead atoms. The molecule has 3 rings (SSSR count). The first-order chi connectivity index (χ1) is 14.1. The molecule has 0 aliphatic rings. The van der Waals surface area contributed by atoms with E-state index in [4.69, 9.17) is 0 Å². The van der Waals surface area contributed by atoms with E-state index in [0.717, 1.165) is 23.8 Å². The molecule has 1 heterocycles. The van der Waals surface area contributed by atoms with E-state index in [1.165, 1.54) is 12.4 Å². The summed E-state index contributed by atoms with van der Waals surface area (Å²) in [6.07, 6.45) is -1.97. The molecule has 156 valence electrons. The largest absolute Gasteiger partial charge is 0.416 e. The molecule has 2 N–H and O–H groups in total. The third-order valence-electron chi connectivity index (χ3n) is 3.86. The number of rotatable bonds is 6. The number of halogens is 3. The molecule has 1 aromatic heterocycles. The Kier molecular flexibility index (Phi) is 6.13. The SMILES string of the molecule is O=C(CNS(=O)(=O)c1cccc(C(F)(F)F)c1)Nc1cnc(-c2ccccc2)nc1. The molecule has 2 aromatic carbocycles. The highest BCUT2D eigenvalue weighted by Crippen LogP contribution is 2.30. The summed E-state index contributed by atoms with van der Waals surface area (Å²) >= 11 is 0. The van der Waals surface area contributed by atoms with Gasteiger partial charge in [-0.3, -0.25) is 4.79 Å². The number of nitrogens with zero attached hydrogens (tertiary/aromatic N) is 2. The minimum Gasteiger partial charge on any atom is -0.322 e. The molecule has 0 aliphatic carbocycles. The van der Waals surface area contributed by atoms with Gasteiger partial charge >= 0.3 is 6.18 Å². The van der Waals surface area contributed by atoms with Crippen LogP contribution in [0, 0.1) is 0 Å². The molecule has 3 aromatic rings. The third-order valence-corrected chi connectivity index (χ3v) is 5.26. The Labute approximate surface area is 170 Å². The van der Waals surface area contributed by atoms with E-state index in [1.54, 1.807) is 0 Å². The zero-order valence-corrected chi connectivity index (χ0v) is 16.0. The molecule has 1 amide bonds. The van der Waals surface area contributed by atoms with Crippen LogP contribution in [0.2, 0.25) is 0 Å². The first-order valence-electron chi connectivity index (χ1n) is 8.49. The predicted molar refractivity (Wildman–Crippen MR) is 103 cm³/mol. The average molecular weight is 436 g/mol. The second-order valence-corrected chi connectivity index (χ2v) is 7.83. The van der Waals surface area contributed by atoms with E-state index in [-0.39, 0.29) is 5.69 Å². The van der Waals surface area contributed by atoms with Gasteiger partial charge in [0.25, 0.3) is 0 Å². The van der Waals surface area contributed by atoms with Crippen molar-refractivity contribution in [1.29, 1.82) is 0 Å². The molecular weight excluding hydrogens is 421 g/mol. The van der Waals surface area contributed by atoms with Gasteiger partial charge in [0.05, 0.1) is 35.1 Å². The lowest BCUT2D eigenvalue weighted by Crippen LogP contribution is -2.33. The van der Waals surface area contributed by atoms with Crippen molar-refractivity contribution in [2.45, 2.75) is 11.1 Å². The number of anilines is 1. The van der Waals surface area contributed by atoms with Gasteiger partial charge in [0.1, 0.15) is 0 Å². The number of benzene rings is 2. The summed E-state index contributed by atoms with van der Waals surface area (Å²) in [6, 6.07) is 12.4. The molecule has 0 saturated carbocycles. The van der Waals surface area contributed by atoms with Crippen molar-refractivity contribution in [3.63, 3.8) is 0 Å². The van der Waals surface area contributed by atoms with Gasteiger partial charge in [-0.2, -0.15) is 13.2 Å². The molecule has 30 heavy (non-hydrogen) atoms. The zero-order chi connectivity index (χ0) is 21.8. The lowest BCUT2D eigenvalue weighted by atomic mass is 10.2. The number of nitrogens with one attached hydrogen (secondary N) is 2. The van der Waals surface area contributed by atoms with Crippen molar-refractivity contribution in [3.05, 3.63) is 72.6 Å². The Morgan fingerprint density at radius 2 is 1.63 bits per heavy atom. The standard InChI is InChI=1S/C19H15F3N4O3S/c20-19(21,22)14-7-4-8-16(9-14)30(28,29)25-12-17(27)26-15-10-23-18(24-11-15)13-5-2-1-3-6-13/h1-11,25H,12H2,(H,26,27). The van der Waals surface area contributed by atoms with Crippen molar-refractivity contribution in [2.75, 3.05) is 11.9 Å². The Balaban J connectivity index is 1.61. The van der Waals surface area contributed by atoms with Crippen molar-refractivity contribution in [1.82, 2.24) is 14.7 Å². The second kappa shape index (κ2) is 8.59. The van der Waals surface area contributed by atoms with E-state index in [0.29, 0.717) is 11.9 Å². The van der Waals surface area contributed by atoms with Gasteiger partial charge < -0.3 is 5.32 Å². The van der Waals surface area contributed by atoms with Gasteiger partial charge in [-0.1, -0.05) is 36.4 Å². The van der Waals surface area contributed by atoms with Crippen LogP contribution < -0.4 is 10.0 Å². The van der Waals surface area contributed by atoms with Crippen LogP contribution in [0.25, 0.3) is 11.4 Å². The molecule has 0 atom stereocenters. The van der Waals surface area contributed by atoms with E-state index in [1.807, 2.05) is 35.1 Å². The third kappa shape index (κ3) is 5.39. The van der Waals surface area contributed by atoms with Gasteiger partial charge in [-0.25, -0.2) is 23.1 Å². The van der Waals surface area contributed by atoms with Crippen molar-refractivity contribution in [2.24, 2.45) is 0 Å². The lowest BCUT2D eigenvalue weighted by molar-refractivity contribution is -0.137. The van der Waals surface area contributed by atoms with Crippen LogP contribution in [-0.4, -0.2) is 30.8 Å². The molecule has 0 saturated heterocycles. The second-order valence-electron chi connectivity index (χ2n) is 6.06. The highest BCUT2D eigenvalue weighted by atomic mass is 32.2. The van der Waals surface area contributed by atoms with E-state index < -0.39 is 39.1 Å². The van der Waals surface area contributed by atoms with Crippen molar-refractivity contribution < 1.29 is 26.4 Å². The van der Waals surface area contributed by atoms with Gasteiger partial charge in [-0.15, -0.1) is 0 Å². The molecule has 7 nitrogen and oxygen atoms in total. The Morgan fingerprint density at radius 3 is 2.27 bits per heavy atom. The fraction of sp³-hybridized carbons (Fsp3) is 0.105. The summed E-state index contributed by atoms with van der Waals surface area (Å²) in [5.41, 5.74) is -0.0901. The number of carbonyl (C=O) groups excluding carboxylic acids is 1. The van der Waals surface area contributed by atoms with Gasteiger partial charge in [0, 0.05) is 5.56 Å². The monoisotopic (exact) mass is 436 g/mol. The summed E-state index contributed by atoms with van der Waals surface area (Å²) in [5.74, 6) is -0.291. The van der Waals surface area contributed by atoms with Gasteiger partial charge in [0.15, 0.2) is 5.82 Å². The number of hydrogen-bond donors (Lipinski definition) is 2. The van der Waals surface area contributed by atoms with Crippen LogP contribution in [0.1, 0.15) is 5.56 Å². The number of sulfonamides is 1. The van der Waals surface area contributed by atoms with Gasteiger partial charge in [-0.05, 0) is 18.2 Å². The van der Waals surface area contributed by atoms with Crippen LogP contribution >= 0.6 is 0 Å². The maximum absolute atomic E-state index is 12.8. The first kappa shape index (κ1) is 21.4. The molecule has 0 aliphatic heterocycles. The Bertz CT molecular complexity index is 1140. The van der Waals surface area contributed by atoms with Crippen molar-refractivity contribution >= 4 is 21.6 Å². The summed E-state index contributed by atoms with van der Waals surface area (Å²) < 4.78 is 64.6. The Hall–Kier alpha value is -3.31. The number of hydrogen-bond acceptors (Lipinski definition) is 5. The highest BCUT2D eigenvalue weighted by Gasteiger charge is 2.31. The van der Waals surface area contributed by atoms with E-state index in [2.05, 4.69) is 15.3 Å². The molecule has 0 fully saturated rings. The number of carbonyl (C=O) groups is 1. The Morgan fingerprint density at radius 1 is 0.967 bits per heavy atom. The lowest BCUT2D eigenvalue weighted by Gasteiger charge is -2.10. The maximum atomic E-state index is 12.8. The fourth-order valence-electron chi connectivity index (χ4n) is 2.42. The van der Waals surface area contributed by atoms with E-state index in [9.17, 15) is 26.4 Å². The molecule has 0 unspecified atom stereocenters. The molecule has 11 heteroatoms. The van der Waals surface area contributed by atoms with Gasteiger partial charge in [0.2, 0.25) is 15.9 Å². The van der Waals surface area contributed by atoms with Crippen LogP contribution in [0.5, 0.6) is 0 Å². The smallest absolute Gasteiger partial charge is 0.322 e. The molecule has 0 spiro atoms. The quantitative estimate of drug-likeness (QED) is 0.619. The summed E-state index contributed by atoms with van der Waals surface area (Å²) in [7, 11) is -4.32. The van der Waals surface area contributed by atoms with Crippen LogP contribution in [0.3, 0.4) is 0 Å². The zero-order valence-electron chi connectivity index (χ0n) is 15.2.